The first-order chi connectivity index (χ1) is 12.4. The van der Waals surface area contributed by atoms with E-state index in [2.05, 4.69) is 5.32 Å². The average Bonchev–Trinajstić information content (AvgIpc) is 3.00. The van der Waals surface area contributed by atoms with Gasteiger partial charge in [-0.15, -0.1) is 0 Å². The monoisotopic (exact) mass is 355 g/mol. The van der Waals surface area contributed by atoms with Crippen LogP contribution in [-0.4, -0.2) is 27.0 Å². The van der Waals surface area contributed by atoms with Crippen molar-refractivity contribution >= 4 is 11.7 Å². The van der Waals surface area contributed by atoms with Gasteiger partial charge in [0.25, 0.3) is 0 Å². The van der Waals surface area contributed by atoms with E-state index in [1.54, 1.807) is 12.1 Å². The van der Waals surface area contributed by atoms with Gasteiger partial charge in [0.1, 0.15) is 34.7 Å². The number of benzene rings is 2. The van der Waals surface area contributed by atoms with Gasteiger partial charge in [-0.2, -0.15) is 0 Å². The Morgan fingerprint density at radius 3 is 2.46 bits per heavy atom. The van der Waals surface area contributed by atoms with Crippen molar-refractivity contribution in [1.82, 2.24) is 5.32 Å². The number of phenols is 3. The molecule has 0 bridgehead atoms. The van der Waals surface area contributed by atoms with Gasteiger partial charge in [0.15, 0.2) is 5.78 Å². The van der Waals surface area contributed by atoms with Crippen LogP contribution in [0.25, 0.3) is 0 Å². The zero-order valence-electron chi connectivity index (χ0n) is 13.7. The molecule has 2 aliphatic heterocycles. The van der Waals surface area contributed by atoms with Crippen LogP contribution in [0.1, 0.15) is 52.9 Å². The van der Waals surface area contributed by atoms with Crippen LogP contribution in [0.3, 0.4) is 0 Å². The number of ether oxygens (including phenoxy) is 1. The molecule has 0 aliphatic carbocycles. The van der Waals surface area contributed by atoms with Crippen LogP contribution in [-0.2, 0) is 4.79 Å². The number of ketones is 1. The van der Waals surface area contributed by atoms with E-state index in [-0.39, 0.29) is 52.2 Å². The topological polar surface area (TPSA) is 116 Å². The van der Waals surface area contributed by atoms with E-state index in [9.17, 15) is 24.9 Å². The summed E-state index contributed by atoms with van der Waals surface area (Å²) in [6.45, 7) is 0. The molecule has 0 unspecified atom stereocenters. The maximum Gasteiger partial charge on any atom is 0.220 e. The summed E-state index contributed by atoms with van der Waals surface area (Å²) in [4.78, 5) is 24.1. The summed E-state index contributed by atoms with van der Waals surface area (Å²) in [5.41, 5.74) is 0.872. The van der Waals surface area contributed by atoms with E-state index in [0.29, 0.717) is 18.4 Å². The lowest BCUT2D eigenvalue weighted by molar-refractivity contribution is -0.119. The number of nitrogens with one attached hydrogen (secondary N) is 1. The molecule has 1 amide bonds. The molecule has 7 nitrogen and oxygen atoms in total. The molecular formula is C19H17NO6. The number of amides is 1. The quantitative estimate of drug-likeness (QED) is 0.658. The third kappa shape index (κ3) is 2.61. The first-order valence-corrected chi connectivity index (χ1v) is 8.31. The fraction of sp³-hybridized carbons (Fsp3) is 0.263. The molecule has 1 saturated heterocycles. The summed E-state index contributed by atoms with van der Waals surface area (Å²) in [6, 6.07) is 7.08. The van der Waals surface area contributed by atoms with Crippen LogP contribution in [0, 0.1) is 0 Å². The maximum atomic E-state index is 12.6. The summed E-state index contributed by atoms with van der Waals surface area (Å²) >= 11 is 0. The highest BCUT2D eigenvalue weighted by Crippen LogP contribution is 2.47. The van der Waals surface area contributed by atoms with E-state index in [1.165, 1.54) is 18.2 Å². The van der Waals surface area contributed by atoms with Gasteiger partial charge in [0.05, 0.1) is 18.0 Å². The van der Waals surface area contributed by atoms with Crippen molar-refractivity contribution in [3.05, 3.63) is 47.0 Å². The number of rotatable bonds is 2. The van der Waals surface area contributed by atoms with E-state index >= 15 is 0 Å². The molecule has 1 fully saturated rings. The summed E-state index contributed by atoms with van der Waals surface area (Å²) in [5, 5.41) is 33.0. The van der Waals surface area contributed by atoms with Crippen molar-refractivity contribution in [2.45, 2.75) is 31.4 Å². The van der Waals surface area contributed by atoms with E-state index in [0.717, 1.165) is 0 Å². The smallest absolute Gasteiger partial charge is 0.220 e. The van der Waals surface area contributed by atoms with Crippen molar-refractivity contribution < 1.29 is 29.6 Å². The van der Waals surface area contributed by atoms with Crippen LogP contribution < -0.4 is 10.1 Å². The molecule has 2 aliphatic rings. The lowest BCUT2D eigenvalue weighted by Crippen LogP contribution is -2.22. The third-order valence-electron chi connectivity index (χ3n) is 4.81. The zero-order chi connectivity index (χ0) is 18.4. The number of carbonyl (C=O) groups is 2. The molecule has 0 spiro atoms. The third-order valence-corrected chi connectivity index (χ3v) is 4.81. The maximum absolute atomic E-state index is 12.6. The van der Waals surface area contributed by atoms with Gasteiger partial charge in [-0.3, -0.25) is 9.59 Å². The van der Waals surface area contributed by atoms with Crippen molar-refractivity contribution in [1.29, 1.82) is 0 Å². The molecule has 2 heterocycles. The van der Waals surface area contributed by atoms with Gasteiger partial charge in [-0.1, -0.05) is 12.1 Å². The highest BCUT2D eigenvalue weighted by molar-refractivity contribution is 6.03. The molecule has 134 valence electrons. The molecular weight excluding hydrogens is 338 g/mol. The van der Waals surface area contributed by atoms with Crippen LogP contribution in [0.4, 0.5) is 0 Å². The SMILES string of the molecule is O=C1CC[C@H](c2c(O)cc3c(c2O)C(=O)C[C@@H](c2ccc(O)cc2)O3)N1. The average molecular weight is 355 g/mol. The standard InChI is InChI=1S/C19H17NO6/c21-10-3-1-9(2-4-10)14-7-13(23)18-15(26-14)8-12(22)17(19(18)25)11-5-6-16(24)20-11/h1-4,8,11,14,21-22,25H,5-7H2,(H,20,24)/t11-,14+/m1/s1. The van der Waals surface area contributed by atoms with Crippen molar-refractivity contribution in [2.75, 3.05) is 0 Å². The van der Waals surface area contributed by atoms with Gasteiger partial charge in [0.2, 0.25) is 5.91 Å². The molecule has 2 atom stereocenters. The molecule has 7 heteroatoms. The molecule has 0 aromatic heterocycles. The highest BCUT2D eigenvalue weighted by atomic mass is 16.5. The van der Waals surface area contributed by atoms with Gasteiger partial charge in [0, 0.05) is 12.5 Å². The Balaban J connectivity index is 1.72. The van der Waals surface area contributed by atoms with E-state index in [1.807, 2.05) is 0 Å². The number of phenolic OH excluding ortho intramolecular Hbond substituents is 3. The van der Waals surface area contributed by atoms with Gasteiger partial charge >= 0.3 is 0 Å². The summed E-state index contributed by atoms with van der Waals surface area (Å²) in [6.07, 6.45) is 0.177. The predicted octanol–water partition coefficient (Wildman–Crippen LogP) is 2.46. The Labute approximate surface area is 148 Å². The Hall–Kier alpha value is -3.22. The van der Waals surface area contributed by atoms with E-state index in [4.69, 9.17) is 4.74 Å². The molecule has 2 aromatic rings. The minimum Gasteiger partial charge on any atom is -0.508 e. The number of fused-ring (bicyclic) bond motifs is 1. The lowest BCUT2D eigenvalue weighted by atomic mass is 9.91. The normalized spacial score (nSPS) is 21.8. The van der Waals surface area contributed by atoms with Crippen molar-refractivity contribution in [2.24, 2.45) is 0 Å². The Bertz CT molecular complexity index is 905. The van der Waals surface area contributed by atoms with Gasteiger partial charge in [-0.05, 0) is 24.1 Å². The summed E-state index contributed by atoms with van der Waals surface area (Å²) < 4.78 is 5.82. The van der Waals surface area contributed by atoms with Crippen molar-refractivity contribution in [3.63, 3.8) is 0 Å². The first-order valence-electron chi connectivity index (χ1n) is 8.31. The molecule has 0 saturated carbocycles. The Kier molecular flexibility index (Phi) is 3.72. The largest absolute Gasteiger partial charge is 0.508 e. The fourth-order valence-electron chi connectivity index (χ4n) is 3.52. The Morgan fingerprint density at radius 2 is 1.81 bits per heavy atom. The fourth-order valence-corrected chi connectivity index (χ4v) is 3.52. The second-order valence-corrected chi connectivity index (χ2v) is 6.52. The Morgan fingerprint density at radius 1 is 1.08 bits per heavy atom. The number of Topliss-reactive ketones (excluding diaryl/α,β-unsaturated/α-hetero) is 1. The molecule has 0 radical (unpaired) electrons. The number of hydrogen-bond acceptors (Lipinski definition) is 6. The molecule has 4 N–H and O–H groups in total. The van der Waals surface area contributed by atoms with Crippen LogP contribution in [0.15, 0.2) is 30.3 Å². The minimum atomic E-state index is -0.577. The number of aromatic hydroxyl groups is 3. The minimum absolute atomic E-state index is 0.0204. The number of hydrogen-bond donors (Lipinski definition) is 4. The van der Waals surface area contributed by atoms with Crippen LogP contribution in [0.5, 0.6) is 23.0 Å². The van der Waals surface area contributed by atoms with Crippen LogP contribution in [0.2, 0.25) is 0 Å². The second-order valence-electron chi connectivity index (χ2n) is 6.52. The van der Waals surface area contributed by atoms with Gasteiger partial charge < -0.3 is 25.4 Å². The predicted molar refractivity (Wildman–Crippen MR) is 90.3 cm³/mol. The highest BCUT2D eigenvalue weighted by Gasteiger charge is 2.36. The molecule has 4 rings (SSSR count). The first kappa shape index (κ1) is 16.3. The molecule has 26 heavy (non-hydrogen) atoms. The number of carbonyl (C=O) groups excluding carboxylic acids is 2. The van der Waals surface area contributed by atoms with Crippen LogP contribution >= 0.6 is 0 Å². The summed E-state index contributed by atoms with van der Waals surface area (Å²) in [7, 11) is 0. The van der Waals surface area contributed by atoms with Gasteiger partial charge in [-0.25, -0.2) is 0 Å². The van der Waals surface area contributed by atoms with Crippen molar-refractivity contribution in [3.8, 4) is 23.0 Å². The second kappa shape index (κ2) is 5.94. The zero-order valence-corrected chi connectivity index (χ0v) is 13.7. The van der Waals surface area contributed by atoms with E-state index < -0.39 is 12.1 Å². The molecule has 2 aromatic carbocycles. The lowest BCUT2D eigenvalue weighted by Gasteiger charge is -2.28. The summed E-state index contributed by atoms with van der Waals surface area (Å²) in [5.74, 6) is -0.847.